The summed E-state index contributed by atoms with van der Waals surface area (Å²) in [4.78, 5) is 23.7. The maximum Gasteiger partial charge on any atom is 0.416 e. The monoisotopic (exact) mass is 382 g/mol. The number of nitrogens with one attached hydrogen (secondary N) is 2. The van der Waals surface area contributed by atoms with Crippen LogP contribution in [0.3, 0.4) is 0 Å². The number of halogens is 3. The maximum absolute atomic E-state index is 12.5. The Kier molecular flexibility index (Phi) is 6.78. The van der Waals surface area contributed by atoms with Crippen molar-refractivity contribution < 1.29 is 32.6 Å². The van der Waals surface area contributed by atoms with E-state index in [0.29, 0.717) is 5.56 Å². The molecule has 0 saturated heterocycles. The van der Waals surface area contributed by atoms with Crippen molar-refractivity contribution in [2.75, 3.05) is 25.1 Å². The highest BCUT2D eigenvalue weighted by molar-refractivity contribution is 5.94. The second kappa shape index (κ2) is 9.04. The van der Waals surface area contributed by atoms with Gasteiger partial charge in [-0.2, -0.15) is 13.2 Å². The number of hydrogen-bond acceptors (Lipinski definition) is 4. The van der Waals surface area contributed by atoms with Crippen LogP contribution in [-0.2, 0) is 11.0 Å². The first-order valence-electron chi connectivity index (χ1n) is 7.88. The second-order valence-electron chi connectivity index (χ2n) is 5.42. The lowest BCUT2D eigenvalue weighted by molar-refractivity contribution is -0.137. The van der Waals surface area contributed by atoms with Crippen molar-refractivity contribution in [2.45, 2.75) is 6.18 Å². The van der Waals surface area contributed by atoms with E-state index in [9.17, 15) is 22.8 Å². The van der Waals surface area contributed by atoms with Crippen molar-refractivity contribution in [1.29, 1.82) is 0 Å². The number of carbonyl (C=O) groups is 2. The van der Waals surface area contributed by atoms with Gasteiger partial charge in [0.1, 0.15) is 5.75 Å². The molecule has 0 aromatic heterocycles. The summed E-state index contributed by atoms with van der Waals surface area (Å²) in [6.45, 7) is -0.464. The van der Waals surface area contributed by atoms with Crippen LogP contribution in [0, 0.1) is 0 Å². The van der Waals surface area contributed by atoms with Gasteiger partial charge in [0.05, 0.1) is 12.2 Å². The van der Waals surface area contributed by atoms with Gasteiger partial charge < -0.3 is 20.5 Å². The zero-order chi connectivity index (χ0) is 19.9. The number of benzene rings is 2. The Hall–Kier alpha value is -3.07. The van der Waals surface area contributed by atoms with Crippen molar-refractivity contribution in [1.82, 2.24) is 5.32 Å². The summed E-state index contributed by atoms with van der Waals surface area (Å²) >= 11 is 0. The number of anilines is 1. The normalized spacial score (nSPS) is 11.0. The molecule has 0 saturated carbocycles. The van der Waals surface area contributed by atoms with Crippen molar-refractivity contribution >= 4 is 17.5 Å². The number of carbonyl (C=O) groups excluding carboxylic acids is 2. The minimum absolute atomic E-state index is 0.111. The molecule has 2 aromatic carbocycles. The number of amides is 2. The standard InChI is InChI=1S/C18H17F3N2O4/c19-18(20,21)13-4-6-14(7-5-13)23-16(25)11-27-15-3-1-2-12(10-15)17(26)22-8-9-24/h1-7,10,24H,8-9,11H2,(H,22,26)(H,23,25). The number of aliphatic hydroxyl groups excluding tert-OH is 1. The Balaban J connectivity index is 1.89. The third-order valence-electron chi connectivity index (χ3n) is 3.36. The highest BCUT2D eigenvalue weighted by atomic mass is 19.4. The Morgan fingerprint density at radius 2 is 1.78 bits per heavy atom. The number of rotatable bonds is 7. The van der Waals surface area contributed by atoms with Crippen LogP contribution in [0.4, 0.5) is 18.9 Å². The van der Waals surface area contributed by atoms with Gasteiger partial charge in [-0.05, 0) is 42.5 Å². The van der Waals surface area contributed by atoms with Crippen LogP contribution < -0.4 is 15.4 Å². The summed E-state index contributed by atoms with van der Waals surface area (Å²) in [7, 11) is 0. The van der Waals surface area contributed by atoms with Crippen molar-refractivity contribution in [2.24, 2.45) is 0 Å². The minimum Gasteiger partial charge on any atom is -0.484 e. The summed E-state index contributed by atoms with van der Waals surface area (Å²) < 4.78 is 42.8. The average molecular weight is 382 g/mol. The molecule has 2 rings (SSSR count). The smallest absolute Gasteiger partial charge is 0.416 e. The highest BCUT2D eigenvalue weighted by Crippen LogP contribution is 2.29. The average Bonchev–Trinajstić information content (AvgIpc) is 2.64. The summed E-state index contributed by atoms with van der Waals surface area (Å²) in [5, 5.41) is 13.6. The SMILES string of the molecule is O=C(COc1cccc(C(=O)NCCO)c1)Nc1ccc(C(F)(F)F)cc1. The predicted octanol–water partition coefficient (Wildman–Crippen LogP) is 2.45. The zero-order valence-electron chi connectivity index (χ0n) is 14.0. The van der Waals surface area contributed by atoms with Gasteiger partial charge in [-0.3, -0.25) is 9.59 Å². The van der Waals surface area contributed by atoms with E-state index in [2.05, 4.69) is 10.6 Å². The molecule has 0 unspecified atom stereocenters. The molecule has 6 nitrogen and oxygen atoms in total. The number of aliphatic hydroxyl groups is 1. The topological polar surface area (TPSA) is 87.7 Å². The number of alkyl halides is 3. The molecule has 0 heterocycles. The van der Waals surface area contributed by atoms with Gasteiger partial charge in [0, 0.05) is 17.8 Å². The van der Waals surface area contributed by atoms with Gasteiger partial charge >= 0.3 is 6.18 Å². The summed E-state index contributed by atoms with van der Waals surface area (Å²) in [6, 6.07) is 10.1. The number of hydrogen-bond donors (Lipinski definition) is 3. The van der Waals surface area contributed by atoms with Crippen LogP contribution in [0.5, 0.6) is 5.75 Å². The van der Waals surface area contributed by atoms with Crippen LogP contribution in [-0.4, -0.2) is 36.7 Å². The molecule has 0 atom stereocenters. The van der Waals surface area contributed by atoms with Crippen LogP contribution in [0.2, 0.25) is 0 Å². The molecule has 144 valence electrons. The first kappa shape index (κ1) is 20.2. The Morgan fingerprint density at radius 1 is 1.07 bits per heavy atom. The first-order valence-corrected chi connectivity index (χ1v) is 7.88. The molecule has 2 amide bonds. The zero-order valence-corrected chi connectivity index (χ0v) is 14.0. The largest absolute Gasteiger partial charge is 0.484 e. The van der Waals surface area contributed by atoms with Crippen LogP contribution in [0.25, 0.3) is 0 Å². The van der Waals surface area contributed by atoms with E-state index in [-0.39, 0.29) is 31.2 Å². The Labute approximate surface area is 153 Å². The fourth-order valence-electron chi connectivity index (χ4n) is 2.09. The molecule has 0 spiro atoms. The van der Waals surface area contributed by atoms with Crippen molar-refractivity contribution in [3.8, 4) is 5.75 Å². The molecule has 27 heavy (non-hydrogen) atoms. The highest BCUT2D eigenvalue weighted by Gasteiger charge is 2.29. The van der Waals surface area contributed by atoms with Gasteiger partial charge in [0.15, 0.2) is 6.61 Å². The van der Waals surface area contributed by atoms with E-state index in [1.54, 1.807) is 18.2 Å². The van der Waals surface area contributed by atoms with E-state index in [1.807, 2.05) is 0 Å². The fraction of sp³-hybridized carbons (Fsp3) is 0.222. The molecule has 9 heteroatoms. The molecule has 0 radical (unpaired) electrons. The van der Waals surface area contributed by atoms with Gasteiger partial charge in [-0.25, -0.2) is 0 Å². The van der Waals surface area contributed by atoms with Gasteiger partial charge in [-0.15, -0.1) is 0 Å². The molecular formula is C18H17F3N2O4. The van der Waals surface area contributed by atoms with Gasteiger partial charge in [-0.1, -0.05) is 6.07 Å². The van der Waals surface area contributed by atoms with Crippen LogP contribution in [0.1, 0.15) is 15.9 Å². The summed E-state index contributed by atoms with van der Waals surface area (Å²) in [6.07, 6.45) is -4.44. The van der Waals surface area contributed by atoms with E-state index in [0.717, 1.165) is 24.3 Å². The van der Waals surface area contributed by atoms with E-state index >= 15 is 0 Å². The fourth-order valence-corrected chi connectivity index (χ4v) is 2.09. The lowest BCUT2D eigenvalue weighted by atomic mass is 10.2. The molecule has 2 aromatic rings. The van der Waals surface area contributed by atoms with E-state index in [4.69, 9.17) is 9.84 Å². The Morgan fingerprint density at radius 3 is 2.41 bits per heavy atom. The molecule has 0 aliphatic rings. The van der Waals surface area contributed by atoms with Crippen molar-refractivity contribution in [3.05, 3.63) is 59.7 Å². The Bertz CT molecular complexity index is 792. The molecular weight excluding hydrogens is 365 g/mol. The number of ether oxygens (including phenoxy) is 1. The molecule has 3 N–H and O–H groups in total. The van der Waals surface area contributed by atoms with E-state index in [1.165, 1.54) is 6.07 Å². The quantitative estimate of drug-likeness (QED) is 0.687. The third-order valence-corrected chi connectivity index (χ3v) is 3.36. The summed E-state index contributed by atoms with van der Waals surface area (Å²) in [5.74, 6) is -0.692. The van der Waals surface area contributed by atoms with Crippen LogP contribution in [0.15, 0.2) is 48.5 Å². The van der Waals surface area contributed by atoms with Crippen LogP contribution >= 0.6 is 0 Å². The summed E-state index contributed by atoms with van der Waals surface area (Å²) in [5.41, 5.74) is -0.314. The molecule has 0 fully saturated rings. The lowest BCUT2D eigenvalue weighted by Crippen LogP contribution is -2.26. The second-order valence-corrected chi connectivity index (χ2v) is 5.42. The first-order chi connectivity index (χ1) is 12.8. The minimum atomic E-state index is -4.44. The lowest BCUT2D eigenvalue weighted by Gasteiger charge is -2.10. The third kappa shape index (κ3) is 6.30. The van der Waals surface area contributed by atoms with Crippen molar-refractivity contribution in [3.63, 3.8) is 0 Å². The maximum atomic E-state index is 12.5. The van der Waals surface area contributed by atoms with Gasteiger partial charge in [0.2, 0.25) is 0 Å². The molecule has 0 bridgehead atoms. The molecule has 0 aliphatic heterocycles. The molecule has 0 aliphatic carbocycles. The van der Waals surface area contributed by atoms with E-state index < -0.39 is 23.6 Å². The van der Waals surface area contributed by atoms with Gasteiger partial charge in [0.25, 0.3) is 11.8 Å². The predicted molar refractivity (Wildman–Crippen MR) is 91.4 cm³/mol.